The van der Waals surface area contributed by atoms with E-state index >= 15 is 0 Å². The molecule has 1 saturated heterocycles. The van der Waals surface area contributed by atoms with Crippen LogP contribution >= 0.6 is 0 Å². The predicted molar refractivity (Wildman–Crippen MR) is 156 cm³/mol. The van der Waals surface area contributed by atoms with Crippen molar-refractivity contribution in [1.29, 1.82) is 0 Å². The van der Waals surface area contributed by atoms with Crippen molar-refractivity contribution < 1.29 is 19.4 Å². The molecule has 216 valence electrons. The number of benzene rings is 1. The number of aromatic nitrogens is 3. The molecule has 11 heteroatoms. The van der Waals surface area contributed by atoms with E-state index in [2.05, 4.69) is 43.0 Å². The molecule has 0 aliphatic carbocycles. The smallest absolute Gasteiger partial charge is 0.408 e. The average molecular weight is 560 g/mol. The van der Waals surface area contributed by atoms with Crippen LogP contribution in [0.5, 0.6) is 0 Å². The number of nitrogens with one attached hydrogen (secondary N) is 3. The second kappa shape index (κ2) is 13.3. The number of amides is 1. The number of carbonyl (C=O) groups excluding carboxylic acids is 1. The normalized spacial score (nSPS) is 15.8. The Kier molecular flexibility index (Phi) is 9.12. The summed E-state index contributed by atoms with van der Waals surface area (Å²) >= 11 is 0. The third-order valence-corrected chi connectivity index (χ3v) is 7.68. The molecule has 1 fully saturated rings. The minimum atomic E-state index is -1.20. The Hall–Kier alpha value is -4.41. The third-order valence-electron chi connectivity index (χ3n) is 7.68. The van der Waals surface area contributed by atoms with E-state index in [1.165, 1.54) is 11.9 Å². The predicted octanol–water partition coefficient (Wildman–Crippen LogP) is 3.97. The summed E-state index contributed by atoms with van der Waals surface area (Å²) in [7, 11) is 0. The van der Waals surface area contributed by atoms with Gasteiger partial charge in [-0.2, -0.15) is 0 Å². The lowest BCUT2D eigenvalue weighted by Gasteiger charge is -2.34. The number of nitrogens with zero attached hydrogens (tertiary/aromatic N) is 4. The largest absolute Gasteiger partial charge is 0.480 e. The summed E-state index contributed by atoms with van der Waals surface area (Å²) in [4.78, 5) is 40.3. The van der Waals surface area contributed by atoms with E-state index in [1.54, 1.807) is 0 Å². The molecule has 0 spiro atoms. The molecule has 1 atom stereocenters. The minimum Gasteiger partial charge on any atom is -0.480 e. The van der Waals surface area contributed by atoms with Crippen molar-refractivity contribution in [1.82, 2.24) is 20.3 Å². The number of carboxylic acids is 1. The number of hydrogen-bond donors (Lipinski definition) is 4. The van der Waals surface area contributed by atoms with E-state index in [0.717, 1.165) is 73.8 Å². The lowest BCUT2D eigenvalue weighted by molar-refractivity contribution is -0.139. The van der Waals surface area contributed by atoms with Crippen molar-refractivity contribution in [3.05, 3.63) is 71.2 Å². The van der Waals surface area contributed by atoms with E-state index in [9.17, 15) is 14.7 Å². The Bertz CT molecular complexity index is 1350. The van der Waals surface area contributed by atoms with Gasteiger partial charge in [0.1, 0.15) is 36.4 Å². The first-order valence-electron chi connectivity index (χ1n) is 14.3. The maximum absolute atomic E-state index is 12.3. The molecule has 0 bridgehead atoms. The number of aryl methyl sites for hydroxylation is 1. The molecule has 2 aromatic heterocycles. The number of ether oxygens (including phenoxy) is 1. The van der Waals surface area contributed by atoms with E-state index in [4.69, 9.17) is 9.72 Å². The number of carbonyl (C=O) groups is 2. The fraction of sp³-hybridized carbons (Fsp3) is 0.433. The summed E-state index contributed by atoms with van der Waals surface area (Å²) < 4.78 is 5.19. The van der Waals surface area contributed by atoms with Crippen LogP contribution in [0.25, 0.3) is 0 Å². The molecule has 41 heavy (non-hydrogen) atoms. The van der Waals surface area contributed by atoms with Gasteiger partial charge in [-0.25, -0.2) is 24.5 Å². The number of alkyl carbamates (subject to hydrolysis) is 1. The third kappa shape index (κ3) is 7.03. The Labute approximate surface area is 239 Å². The minimum absolute atomic E-state index is 0.0534. The molecule has 4 N–H and O–H groups in total. The Morgan fingerprint density at radius 2 is 1.95 bits per heavy atom. The summed E-state index contributed by atoms with van der Waals surface area (Å²) in [6.07, 6.45) is 5.54. The highest BCUT2D eigenvalue weighted by molar-refractivity contribution is 5.80. The number of carboxylic acid groups (broad SMARTS) is 1. The maximum atomic E-state index is 12.3. The summed E-state index contributed by atoms with van der Waals surface area (Å²) in [6, 6.07) is 12.4. The van der Waals surface area contributed by atoms with Gasteiger partial charge in [0.2, 0.25) is 0 Å². The van der Waals surface area contributed by atoms with Crippen LogP contribution in [-0.2, 0) is 29.0 Å². The zero-order valence-electron chi connectivity index (χ0n) is 23.3. The molecule has 1 aromatic carbocycles. The maximum Gasteiger partial charge on any atom is 0.408 e. The summed E-state index contributed by atoms with van der Waals surface area (Å²) in [5.41, 5.74) is 4.18. The number of fused-ring (bicyclic) bond motifs is 1. The zero-order valence-corrected chi connectivity index (χ0v) is 23.3. The van der Waals surface area contributed by atoms with E-state index in [0.29, 0.717) is 18.2 Å². The Balaban J connectivity index is 1.18. The molecule has 0 unspecified atom stereocenters. The van der Waals surface area contributed by atoms with Crippen LogP contribution in [0.2, 0.25) is 0 Å². The molecule has 0 radical (unpaired) electrons. The lowest BCUT2D eigenvalue weighted by atomic mass is 9.92. The van der Waals surface area contributed by atoms with Crippen molar-refractivity contribution >= 4 is 29.5 Å². The molecule has 11 nitrogen and oxygen atoms in total. The standard InChI is InChI=1S/C30H37N7O4/c1-2-23-27(32-17-25(29(38)39)36-30(40)41-18-20-7-4-3-5-8-20)33-19-34-28(23)37-15-12-21(13-16-37)24-11-10-22-9-6-14-31-26(22)35-24/h3-5,7-8,10-11,19,21,25H,2,6,9,12-18H2,1H3,(H,31,35)(H,36,40)(H,38,39)(H,32,33,34)/t25-/m1/s1. The highest BCUT2D eigenvalue weighted by Gasteiger charge is 2.27. The molecule has 1 amide bonds. The number of rotatable bonds is 10. The molecule has 0 saturated carbocycles. The number of hydrogen-bond acceptors (Lipinski definition) is 9. The van der Waals surface area contributed by atoms with Crippen molar-refractivity contribution in [2.24, 2.45) is 0 Å². The van der Waals surface area contributed by atoms with Gasteiger partial charge in [0.15, 0.2) is 0 Å². The lowest BCUT2D eigenvalue weighted by Crippen LogP contribution is -2.45. The summed E-state index contributed by atoms with van der Waals surface area (Å²) in [5.74, 6) is 1.68. The number of aliphatic carboxylic acids is 1. The molecular formula is C30H37N7O4. The average Bonchev–Trinajstić information content (AvgIpc) is 3.02. The second-order valence-electron chi connectivity index (χ2n) is 10.4. The number of pyridine rings is 1. The Morgan fingerprint density at radius 3 is 2.71 bits per heavy atom. The van der Waals surface area contributed by atoms with Crippen LogP contribution in [0.15, 0.2) is 48.8 Å². The Morgan fingerprint density at radius 1 is 1.15 bits per heavy atom. The second-order valence-corrected chi connectivity index (χ2v) is 10.4. The van der Waals surface area contributed by atoms with E-state index < -0.39 is 18.1 Å². The quantitative estimate of drug-likeness (QED) is 0.288. The fourth-order valence-electron chi connectivity index (χ4n) is 5.42. The first-order chi connectivity index (χ1) is 20.0. The van der Waals surface area contributed by atoms with Crippen LogP contribution in [0.4, 0.5) is 22.2 Å². The van der Waals surface area contributed by atoms with Crippen molar-refractivity contribution in [2.45, 2.75) is 57.6 Å². The zero-order chi connectivity index (χ0) is 28.6. The van der Waals surface area contributed by atoms with Gasteiger partial charge in [-0.1, -0.05) is 43.3 Å². The molecule has 5 rings (SSSR count). The molecule has 2 aliphatic rings. The van der Waals surface area contributed by atoms with Crippen molar-refractivity contribution in [3.63, 3.8) is 0 Å². The molecule has 3 aromatic rings. The highest BCUT2D eigenvalue weighted by atomic mass is 16.5. The first kappa shape index (κ1) is 28.1. The molecular weight excluding hydrogens is 522 g/mol. The molecule has 2 aliphatic heterocycles. The van der Waals surface area contributed by atoms with Crippen molar-refractivity contribution in [3.8, 4) is 0 Å². The van der Waals surface area contributed by atoms with Gasteiger partial charge in [0, 0.05) is 43.4 Å². The van der Waals surface area contributed by atoms with E-state index in [-0.39, 0.29) is 13.2 Å². The summed E-state index contributed by atoms with van der Waals surface area (Å²) in [5, 5.41) is 18.7. The van der Waals surface area contributed by atoms with Gasteiger partial charge in [-0.3, -0.25) is 0 Å². The van der Waals surface area contributed by atoms with Gasteiger partial charge in [-0.15, -0.1) is 0 Å². The topological polar surface area (TPSA) is 142 Å². The van der Waals surface area contributed by atoms with Gasteiger partial charge >= 0.3 is 12.1 Å². The van der Waals surface area contributed by atoms with Gasteiger partial charge in [-0.05, 0) is 49.3 Å². The molecule has 4 heterocycles. The fourth-order valence-corrected chi connectivity index (χ4v) is 5.42. The van der Waals surface area contributed by atoms with Crippen LogP contribution < -0.4 is 20.9 Å². The monoisotopic (exact) mass is 559 g/mol. The number of anilines is 3. The van der Waals surface area contributed by atoms with Gasteiger partial charge < -0.3 is 30.7 Å². The van der Waals surface area contributed by atoms with Gasteiger partial charge in [0.05, 0.1) is 0 Å². The van der Waals surface area contributed by atoms with Crippen LogP contribution in [-0.4, -0.2) is 64.3 Å². The van der Waals surface area contributed by atoms with Crippen LogP contribution in [0.3, 0.4) is 0 Å². The van der Waals surface area contributed by atoms with Crippen LogP contribution in [0.1, 0.15) is 54.5 Å². The SMILES string of the molecule is CCc1c(NC[C@@H](NC(=O)OCc2ccccc2)C(=O)O)ncnc1N1CCC(c2ccc3c(n2)NCCC3)CC1. The van der Waals surface area contributed by atoms with Crippen LogP contribution in [0, 0.1) is 0 Å². The number of piperidine rings is 1. The first-order valence-corrected chi connectivity index (χ1v) is 14.3. The van der Waals surface area contributed by atoms with Crippen molar-refractivity contribution in [2.75, 3.05) is 41.7 Å². The van der Waals surface area contributed by atoms with E-state index in [1.807, 2.05) is 37.3 Å². The summed E-state index contributed by atoms with van der Waals surface area (Å²) in [6.45, 7) is 4.68. The highest BCUT2D eigenvalue weighted by Crippen LogP contribution is 2.33. The van der Waals surface area contributed by atoms with Gasteiger partial charge in [0.25, 0.3) is 0 Å².